The average molecular weight is 457 g/mol. The molecule has 0 radical (unpaired) electrons. The van der Waals surface area contributed by atoms with E-state index < -0.39 is 11.6 Å². The van der Waals surface area contributed by atoms with Crippen molar-refractivity contribution < 1.29 is 14.6 Å². The van der Waals surface area contributed by atoms with Crippen molar-refractivity contribution in [2.45, 2.75) is 56.1 Å². The van der Waals surface area contributed by atoms with Crippen molar-refractivity contribution in [3.05, 3.63) is 96.1 Å². The van der Waals surface area contributed by atoms with Gasteiger partial charge in [0.05, 0.1) is 5.54 Å². The van der Waals surface area contributed by atoms with Gasteiger partial charge in [0.1, 0.15) is 11.5 Å². The van der Waals surface area contributed by atoms with Crippen molar-refractivity contribution in [3.8, 4) is 11.5 Å². The molecule has 3 atom stereocenters. The van der Waals surface area contributed by atoms with E-state index >= 15 is 0 Å². The molecule has 3 unspecified atom stereocenters. The zero-order chi connectivity index (χ0) is 23.5. The zero-order valence-corrected chi connectivity index (χ0v) is 19.6. The SMILES string of the molecule is CC(C1CC(c2ccc(Oc3ccccc3)cc2)CCN1)N(C(=O)O)C1(c2ccccc2)CC1. The first-order valence-corrected chi connectivity index (χ1v) is 12.2. The molecule has 0 spiro atoms. The number of piperidine rings is 1. The van der Waals surface area contributed by atoms with Crippen LogP contribution in [-0.2, 0) is 5.54 Å². The minimum Gasteiger partial charge on any atom is -0.465 e. The van der Waals surface area contributed by atoms with Crippen LogP contribution in [0, 0.1) is 0 Å². The van der Waals surface area contributed by atoms with Gasteiger partial charge in [0, 0.05) is 12.1 Å². The number of para-hydroxylation sites is 1. The second-order valence-corrected chi connectivity index (χ2v) is 9.56. The third-order valence-corrected chi connectivity index (χ3v) is 7.46. The molecule has 0 bridgehead atoms. The number of carboxylic acid groups (broad SMARTS) is 1. The maximum atomic E-state index is 12.5. The number of carbonyl (C=O) groups is 1. The van der Waals surface area contributed by atoms with Crippen LogP contribution in [0.5, 0.6) is 11.5 Å². The van der Waals surface area contributed by atoms with Crippen molar-refractivity contribution >= 4 is 6.09 Å². The van der Waals surface area contributed by atoms with Gasteiger partial charge in [-0.2, -0.15) is 0 Å². The van der Waals surface area contributed by atoms with Crippen LogP contribution in [0.15, 0.2) is 84.9 Å². The second-order valence-electron chi connectivity index (χ2n) is 9.56. The Bertz CT molecular complexity index is 1100. The number of hydrogen-bond donors (Lipinski definition) is 2. The van der Waals surface area contributed by atoms with Gasteiger partial charge in [-0.3, -0.25) is 4.90 Å². The highest BCUT2D eigenvalue weighted by Gasteiger charge is 2.54. The third kappa shape index (κ3) is 4.53. The Kier molecular flexibility index (Phi) is 6.29. The fourth-order valence-corrected chi connectivity index (χ4v) is 5.52. The minimum absolute atomic E-state index is 0.108. The summed E-state index contributed by atoms with van der Waals surface area (Å²) in [5.41, 5.74) is 1.99. The van der Waals surface area contributed by atoms with Crippen LogP contribution in [0.1, 0.15) is 49.7 Å². The summed E-state index contributed by atoms with van der Waals surface area (Å²) in [6.45, 7) is 2.95. The Morgan fingerprint density at radius 3 is 2.21 bits per heavy atom. The highest BCUT2D eigenvalue weighted by molar-refractivity contribution is 5.68. The highest BCUT2D eigenvalue weighted by atomic mass is 16.5. The van der Waals surface area contributed by atoms with Gasteiger partial charge in [0.15, 0.2) is 0 Å². The van der Waals surface area contributed by atoms with Crippen molar-refractivity contribution in [3.63, 3.8) is 0 Å². The monoisotopic (exact) mass is 456 g/mol. The summed E-state index contributed by atoms with van der Waals surface area (Å²) in [5.74, 6) is 2.04. The van der Waals surface area contributed by atoms with E-state index in [1.807, 2.05) is 60.7 Å². The van der Waals surface area contributed by atoms with Crippen molar-refractivity contribution in [2.24, 2.45) is 0 Å². The quantitative estimate of drug-likeness (QED) is 0.433. The van der Waals surface area contributed by atoms with Crippen molar-refractivity contribution in [1.82, 2.24) is 10.2 Å². The van der Waals surface area contributed by atoms with Gasteiger partial charge in [0.25, 0.3) is 0 Å². The maximum absolute atomic E-state index is 12.5. The number of rotatable bonds is 7. The lowest BCUT2D eigenvalue weighted by molar-refractivity contribution is 0.0731. The summed E-state index contributed by atoms with van der Waals surface area (Å²) >= 11 is 0. The largest absolute Gasteiger partial charge is 0.465 e. The van der Waals surface area contributed by atoms with Gasteiger partial charge in [-0.1, -0.05) is 60.7 Å². The number of nitrogens with zero attached hydrogens (tertiary/aromatic N) is 1. The Labute approximate surface area is 201 Å². The molecule has 0 aromatic heterocycles. The van der Waals surface area contributed by atoms with Gasteiger partial charge < -0.3 is 15.2 Å². The molecule has 3 aromatic rings. The molecule has 1 aliphatic carbocycles. The van der Waals surface area contributed by atoms with Crippen LogP contribution in [0.3, 0.4) is 0 Å². The lowest BCUT2D eigenvalue weighted by Gasteiger charge is -2.42. The van der Waals surface area contributed by atoms with E-state index in [9.17, 15) is 9.90 Å². The first kappa shape index (κ1) is 22.5. The van der Waals surface area contributed by atoms with Crippen LogP contribution in [-0.4, -0.2) is 34.7 Å². The molecule has 5 rings (SSSR count). The summed E-state index contributed by atoms with van der Waals surface area (Å²) in [4.78, 5) is 14.2. The van der Waals surface area contributed by atoms with E-state index in [-0.39, 0.29) is 12.1 Å². The third-order valence-electron chi connectivity index (χ3n) is 7.46. The molecule has 2 aliphatic rings. The standard InChI is InChI=1S/C29H32N2O3/c1-21(31(28(32)33)29(17-18-29)24-8-4-2-5-9-24)27-20-23(16-19-30-27)22-12-14-26(15-13-22)34-25-10-6-3-7-11-25/h2-15,21,23,27,30H,16-20H2,1H3,(H,32,33). The van der Waals surface area contributed by atoms with E-state index in [0.29, 0.717) is 5.92 Å². The molecule has 1 amide bonds. The summed E-state index contributed by atoms with van der Waals surface area (Å²) in [6, 6.07) is 28.2. The number of benzene rings is 3. The number of hydrogen-bond acceptors (Lipinski definition) is 3. The van der Waals surface area contributed by atoms with Gasteiger partial charge in [-0.25, -0.2) is 4.79 Å². The second kappa shape index (κ2) is 9.51. The average Bonchev–Trinajstić information content (AvgIpc) is 3.67. The molecule has 34 heavy (non-hydrogen) atoms. The Balaban J connectivity index is 1.29. The summed E-state index contributed by atoms with van der Waals surface area (Å²) in [5, 5.41) is 13.8. The Morgan fingerprint density at radius 2 is 1.59 bits per heavy atom. The van der Waals surface area contributed by atoms with Crippen LogP contribution in [0.25, 0.3) is 0 Å². The molecule has 1 saturated heterocycles. The number of amides is 1. The fourth-order valence-electron chi connectivity index (χ4n) is 5.52. The molecule has 5 nitrogen and oxygen atoms in total. The van der Waals surface area contributed by atoms with E-state index in [0.717, 1.165) is 49.3 Å². The molecular formula is C29H32N2O3. The molecule has 5 heteroatoms. The smallest absolute Gasteiger partial charge is 0.408 e. The Morgan fingerprint density at radius 1 is 0.971 bits per heavy atom. The van der Waals surface area contributed by atoms with Crippen LogP contribution in [0.2, 0.25) is 0 Å². The molecule has 1 saturated carbocycles. The molecule has 3 aromatic carbocycles. The van der Waals surface area contributed by atoms with Crippen molar-refractivity contribution in [1.29, 1.82) is 0 Å². The molecule has 1 aliphatic heterocycles. The fraction of sp³-hybridized carbons (Fsp3) is 0.345. The van der Waals surface area contributed by atoms with Crippen LogP contribution in [0.4, 0.5) is 4.79 Å². The van der Waals surface area contributed by atoms with Gasteiger partial charge >= 0.3 is 6.09 Å². The summed E-state index contributed by atoms with van der Waals surface area (Å²) in [7, 11) is 0. The minimum atomic E-state index is -0.833. The van der Waals surface area contributed by atoms with Crippen LogP contribution < -0.4 is 10.1 Å². The number of nitrogens with one attached hydrogen (secondary N) is 1. The first-order chi connectivity index (χ1) is 16.6. The number of ether oxygens (including phenoxy) is 1. The molecule has 1 heterocycles. The normalized spacial score (nSPS) is 21.9. The summed E-state index contributed by atoms with van der Waals surface area (Å²) < 4.78 is 5.94. The molecule has 2 N–H and O–H groups in total. The van der Waals surface area contributed by atoms with Gasteiger partial charge in [-0.05, 0) is 80.5 Å². The predicted molar refractivity (Wildman–Crippen MR) is 133 cm³/mol. The van der Waals surface area contributed by atoms with Crippen LogP contribution >= 0.6 is 0 Å². The lowest BCUT2D eigenvalue weighted by atomic mass is 9.83. The highest BCUT2D eigenvalue weighted by Crippen LogP contribution is 2.52. The zero-order valence-electron chi connectivity index (χ0n) is 19.6. The summed E-state index contributed by atoms with van der Waals surface area (Å²) in [6.07, 6.45) is 2.88. The van der Waals surface area contributed by atoms with E-state index in [2.05, 4.69) is 36.5 Å². The van der Waals surface area contributed by atoms with E-state index in [4.69, 9.17) is 4.74 Å². The van der Waals surface area contributed by atoms with Gasteiger partial charge in [0.2, 0.25) is 0 Å². The maximum Gasteiger partial charge on any atom is 0.408 e. The Hall–Kier alpha value is -3.31. The molecular weight excluding hydrogens is 424 g/mol. The predicted octanol–water partition coefficient (Wildman–Crippen LogP) is 6.37. The molecule has 176 valence electrons. The topological polar surface area (TPSA) is 61.8 Å². The first-order valence-electron chi connectivity index (χ1n) is 12.2. The van der Waals surface area contributed by atoms with Crippen molar-refractivity contribution in [2.75, 3.05) is 6.54 Å². The molecule has 2 fully saturated rings. The van der Waals surface area contributed by atoms with Gasteiger partial charge in [-0.15, -0.1) is 0 Å². The van der Waals surface area contributed by atoms with E-state index in [1.54, 1.807) is 4.90 Å². The van der Waals surface area contributed by atoms with E-state index in [1.165, 1.54) is 5.56 Å². The lowest BCUT2D eigenvalue weighted by Crippen LogP contribution is -2.56.